The summed E-state index contributed by atoms with van der Waals surface area (Å²) in [7, 11) is 0. The fraction of sp³-hybridized carbons (Fsp3) is 0. The van der Waals surface area contributed by atoms with Crippen molar-refractivity contribution in [2.24, 2.45) is 0 Å². The zero-order chi connectivity index (χ0) is 31.3. The minimum absolute atomic E-state index is 0.205. The van der Waals surface area contributed by atoms with Crippen LogP contribution in [0.3, 0.4) is 0 Å². The van der Waals surface area contributed by atoms with E-state index in [4.69, 9.17) is 11.6 Å². The van der Waals surface area contributed by atoms with Gasteiger partial charge in [0.2, 0.25) is 0 Å². The molecule has 1 aliphatic rings. The van der Waals surface area contributed by atoms with Crippen LogP contribution in [-0.2, 0) is 0 Å². The van der Waals surface area contributed by atoms with Crippen molar-refractivity contribution in [3.8, 4) is 44.9 Å². The van der Waals surface area contributed by atoms with Gasteiger partial charge in [0.15, 0.2) is 0 Å². The molecule has 0 unspecified atom stereocenters. The summed E-state index contributed by atoms with van der Waals surface area (Å²) in [5, 5.41) is 7.83. The molecule has 1 aliphatic heterocycles. The molecule has 0 saturated carbocycles. The van der Waals surface area contributed by atoms with E-state index in [1.54, 1.807) is 0 Å². The molecule has 8 aromatic carbocycles. The van der Waals surface area contributed by atoms with Gasteiger partial charge < -0.3 is 4.74 Å². The predicted octanol–water partition coefficient (Wildman–Crippen LogP) is 11.4. The van der Waals surface area contributed by atoms with Crippen LogP contribution < -0.4 is 4.74 Å². The molecule has 0 radical (unpaired) electrons. The third-order valence-electron chi connectivity index (χ3n) is 8.31. The van der Waals surface area contributed by atoms with Gasteiger partial charge in [-0.1, -0.05) is 127 Å². The second-order valence-corrected chi connectivity index (χ2v) is 10.5. The normalized spacial score (nSPS) is 13.8. The zero-order valence-electron chi connectivity index (χ0n) is 26.9. The smallest absolute Gasteiger partial charge is 0.135 e. The Morgan fingerprint density at radius 3 is 2.02 bits per heavy atom. The van der Waals surface area contributed by atoms with Crippen molar-refractivity contribution in [2.75, 3.05) is 0 Å². The molecule has 0 bridgehead atoms. The maximum Gasteiger partial charge on any atom is 0.135 e. The molecule has 8 aromatic rings. The summed E-state index contributed by atoms with van der Waals surface area (Å²) in [6.45, 7) is 0. The lowest BCUT2D eigenvalue weighted by Gasteiger charge is -2.23. The van der Waals surface area contributed by atoms with Crippen molar-refractivity contribution in [3.05, 3.63) is 145 Å². The average Bonchev–Trinajstić information content (AvgIpc) is 3.09. The lowest BCUT2D eigenvalue weighted by Crippen LogP contribution is -1.98. The summed E-state index contributed by atoms with van der Waals surface area (Å²) >= 11 is 0. The molecule has 1 heterocycles. The third kappa shape index (κ3) is 3.24. The van der Waals surface area contributed by atoms with Gasteiger partial charge in [-0.2, -0.15) is 0 Å². The van der Waals surface area contributed by atoms with Crippen molar-refractivity contribution in [2.45, 2.75) is 0 Å². The Morgan fingerprint density at radius 2 is 1.17 bits per heavy atom. The summed E-state index contributed by atoms with van der Waals surface area (Å²) in [4.78, 5) is 0. The van der Waals surface area contributed by atoms with Gasteiger partial charge in [-0.3, -0.25) is 0 Å². The fourth-order valence-corrected chi connectivity index (χ4v) is 6.61. The van der Waals surface area contributed by atoms with Crippen LogP contribution in [0.15, 0.2) is 145 Å². The molecule has 1 nitrogen and oxygen atoms in total. The maximum atomic E-state index is 8.94. The average molecular weight is 526 g/mol. The van der Waals surface area contributed by atoms with Crippen LogP contribution in [0.4, 0.5) is 0 Å². The van der Waals surface area contributed by atoms with Gasteiger partial charge in [-0.15, -0.1) is 0 Å². The van der Waals surface area contributed by atoms with E-state index in [0.717, 1.165) is 76.8 Å². The second-order valence-electron chi connectivity index (χ2n) is 10.5. The van der Waals surface area contributed by atoms with Crippen molar-refractivity contribution >= 4 is 43.1 Å². The molecule has 0 aliphatic carbocycles. The third-order valence-corrected chi connectivity index (χ3v) is 8.31. The highest BCUT2D eigenvalue weighted by molar-refractivity contribution is 6.28. The van der Waals surface area contributed by atoms with E-state index < -0.39 is 6.04 Å². The first kappa shape index (κ1) is 18.0. The number of fused-ring (bicyclic) bond motifs is 6. The minimum atomic E-state index is -0.401. The summed E-state index contributed by atoms with van der Waals surface area (Å²) in [6, 6.07) is 37.5. The Labute approximate surface area is 244 Å². The largest absolute Gasteiger partial charge is 0.456 e. The lowest BCUT2D eigenvalue weighted by molar-refractivity contribution is 0.487. The first-order valence-electron chi connectivity index (χ1n) is 16.2. The van der Waals surface area contributed by atoms with Crippen LogP contribution in [0.2, 0.25) is 0 Å². The minimum Gasteiger partial charge on any atom is -0.456 e. The zero-order valence-corrected chi connectivity index (χ0v) is 21.9. The molecular weight excluding hydrogens is 496 g/mol. The number of benzene rings is 8. The Bertz CT molecular complexity index is 2590. The van der Waals surface area contributed by atoms with Gasteiger partial charge in [0, 0.05) is 10.9 Å². The van der Waals surface area contributed by atoms with Gasteiger partial charge in [-0.05, 0) is 83.7 Å². The van der Waals surface area contributed by atoms with Crippen LogP contribution in [0.1, 0.15) is 6.85 Å². The first-order chi connectivity index (χ1) is 22.4. The predicted molar refractivity (Wildman–Crippen MR) is 173 cm³/mol. The van der Waals surface area contributed by atoms with E-state index >= 15 is 0 Å². The van der Waals surface area contributed by atoms with E-state index in [9.17, 15) is 0 Å². The molecular formula is C40H24O. The molecule has 1 heteroatoms. The van der Waals surface area contributed by atoms with Crippen molar-refractivity contribution in [3.63, 3.8) is 0 Å². The molecule has 0 N–H and O–H groups in total. The summed E-state index contributed by atoms with van der Waals surface area (Å²) < 4.78 is 49.5. The van der Waals surface area contributed by atoms with Crippen LogP contribution in [-0.4, -0.2) is 0 Å². The monoisotopic (exact) mass is 525 g/mol. The van der Waals surface area contributed by atoms with E-state index in [0.29, 0.717) is 5.56 Å². The van der Waals surface area contributed by atoms with Crippen LogP contribution in [0.5, 0.6) is 11.5 Å². The summed E-state index contributed by atoms with van der Waals surface area (Å²) in [5.41, 5.74) is 4.99. The number of ether oxygens (including phenoxy) is 1. The quantitative estimate of drug-likeness (QED) is 0.161. The van der Waals surface area contributed by atoms with E-state index in [-0.39, 0.29) is 29.7 Å². The highest BCUT2D eigenvalue weighted by atomic mass is 16.5. The molecule has 9 rings (SSSR count). The molecule has 0 saturated heterocycles. The molecule has 0 spiro atoms. The summed E-state index contributed by atoms with van der Waals surface area (Å²) in [6.07, 6.45) is 0. The van der Waals surface area contributed by atoms with E-state index in [1.165, 1.54) is 0 Å². The second kappa shape index (κ2) is 8.55. The molecule has 41 heavy (non-hydrogen) atoms. The first-order valence-corrected chi connectivity index (χ1v) is 13.7. The maximum absolute atomic E-state index is 8.94. The van der Waals surface area contributed by atoms with Crippen molar-refractivity contribution < 1.29 is 11.6 Å². The van der Waals surface area contributed by atoms with Crippen LogP contribution in [0.25, 0.3) is 76.5 Å². The molecule has 0 aromatic heterocycles. The number of hydrogen-bond donors (Lipinski definition) is 0. The molecule has 0 amide bonds. The lowest BCUT2D eigenvalue weighted by atomic mass is 9.83. The van der Waals surface area contributed by atoms with Gasteiger partial charge in [-0.25, -0.2) is 0 Å². The number of hydrogen-bond acceptors (Lipinski definition) is 1. The summed E-state index contributed by atoms with van der Waals surface area (Å²) in [5.74, 6) is 1.64. The number of rotatable bonds is 2. The fourth-order valence-electron chi connectivity index (χ4n) is 6.61. The highest BCUT2D eigenvalue weighted by Gasteiger charge is 2.23. The Hall–Kier alpha value is -5.40. The van der Waals surface area contributed by atoms with Gasteiger partial charge >= 0.3 is 0 Å². The van der Waals surface area contributed by atoms with Crippen LogP contribution in [0, 0.1) is 0 Å². The molecule has 0 fully saturated rings. The van der Waals surface area contributed by atoms with E-state index in [2.05, 4.69) is 54.6 Å². The standard InChI is InChI=1S/C40H24O/c1-2-11-26(12-3-1)37-30-16-6-7-17-31(30)39(40-29-15-5-4-10-25(29)20-22-33(37)40)28-21-23-35-34(24-28)32-18-8-13-27-14-9-19-36(41-35)38(27)32/h1-24H/i1D,2D,3D,11D,12D. The van der Waals surface area contributed by atoms with Crippen LogP contribution >= 0.6 is 0 Å². The Balaban J connectivity index is 1.45. The molecule has 190 valence electrons. The Kier molecular flexibility index (Phi) is 3.76. The van der Waals surface area contributed by atoms with Crippen molar-refractivity contribution in [1.82, 2.24) is 0 Å². The highest BCUT2D eigenvalue weighted by Crippen LogP contribution is 2.50. The van der Waals surface area contributed by atoms with Gasteiger partial charge in [0.25, 0.3) is 0 Å². The SMILES string of the molecule is [2H]c1c([2H])c([2H])c(-c2c3ccccc3c(-c3ccc4c(c3)-c3cccc5cccc(c35)O4)c3c2ccc2ccccc23)c([2H])c1[2H]. The van der Waals surface area contributed by atoms with Gasteiger partial charge in [0.05, 0.1) is 6.85 Å². The molecule has 0 atom stereocenters. The van der Waals surface area contributed by atoms with Gasteiger partial charge in [0.1, 0.15) is 11.5 Å². The Morgan fingerprint density at radius 1 is 0.439 bits per heavy atom. The topological polar surface area (TPSA) is 9.23 Å². The van der Waals surface area contributed by atoms with Crippen molar-refractivity contribution in [1.29, 1.82) is 0 Å². The van der Waals surface area contributed by atoms with E-state index in [1.807, 2.05) is 60.7 Å².